The zero-order chi connectivity index (χ0) is 16.8. The van der Waals surface area contributed by atoms with E-state index in [4.69, 9.17) is 0 Å². The lowest BCUT2D eigenvalue weighted by atomic mass is 9.91. The standard InChI is InChI=1S/C20H24F2N2/c21-18-9-8-17(20(22)14-18)7-6-16-4-3-12-24(15-16)13-10-19-5-1-2-11-23-19/h1-2,5,8-9,11,14,16H,3-4,6-7,10,12-13,15H2. The fourth-order valence-corrected chi connectivity index (χ4v) is 3.49. The van der Waals surface area contributed by atoms with E-state index in [0.717, 1.165) is 44.2 Å². The van der Waals surface area contributed by atoms with Gasteiger partial charge in [-0.15, -0.1) is 0 Å². The number of pyridine rings is 1. The summed E-state index contributed by atoms with van der Waals surface area (Å²) in [6, 6.07) is 9.94. The molecule has 128 valence electrons. The van der Waals surface area contributed by atoms with Crippen LogP contribution in [0, 0.1) is 17.6 Å². The molecule has 24 heavy (non-hydrogen) atoms. The van der Waals surface area contributed by atoms with E-state index >= 15 is 0 Å². The third-order valence-electron chi connectivity index (χ3n) is 4.85. The fraction of sp³-hybridized carbons (Fsp3) is 0.450. The minimum Gasteiger partial charge on any atom is -0.303 e. The maximum atomic E-state index is 13.7. The van der Waals surface area contributed by atoms with E-state index in [1.807, 2.05) is 18.3 Å². The van der Waals surface area contributed by atoms with Gasteiger partial charge < -0.3 is 4.90 Å². The molecule has 1 aliphatic heterocycles. The highest BCUT2D eigenvalue weighted by atomic mass is 19.1. The van der Waals surface area contributed by atoms with Gasteiger partial charge in [-0.1, -0.05) is 12.1 Å². The van der Waals surface area contributed by atoms with Crippen molar-refractivity contribution in [3.63, 3.8) is 0 Å². The Labute approximate surface area is 142 Å². The van der Waals surface area contributed by atoms with Crippen molar-refractivity contribution in [2.24, 2.45) is 5.92 Å². The number of hydrogen-bond donors (Lipinski definition) is 0. The number of halogens is 2. The summed E-state index contributed by atoms with van der Waals surface area (Å²) in [4.78, 5) is 6.87. The molecule has 1 saturated heterocycles. The van der Waals surface area contributed by atoms with Gasteiger partial charge in [0.2, 0.25) is 0 Å². The molecule has 2 nitrogen and oxygen atoms in total. The second-order valence-electron chi connectivity index (χ2n) is 6.65. The molecule has 0 saturated carbocycles. The molecule has 1 aromatic heterocycles. The van der Waals surface area contributed by atoms with Gasteiger partial charge in [-0.05, 0) is 61.9 Å². The van der Waals surface area contributed by atoms with E-state index in [-0.39, 0.29) is 0 Å². The normalized spacial score (nSPS) is 18.7. The highest BCUT2D eigenvalue weighted by Gasteiger charge is 2.20. The van der Waals surface area contributed by atoms with Crippen molar-refractivity contribution < 1.29 is 8.78 Å². The number of aromatic nitrogens is 1. The molecular formula is C20H24F2N2. The topological polar surface area (TPSA) is 16.1 Å². The van der Waals surface area contributed by atoms with Crippen LogP contribution in [0.4, 0.5) is 8.78 Å². The molecule has 0 spiro atoms. The molecule has 0 bridgehead atoms. The van der Waals surface area contributed by atoms with E-state index in [2.05, 4.69) is 16.0 Å². The average molecular weight is 330 g/mol. The zero-order valence-electron chi connectivity index (χ0n) is 13.9. The molecule has 1 fully saturated rings. The maximum Gasteiger partial charge on any atom is 0.129 e. The van der Waals surface area contributed by atoms with Gasteiger partial charge in [-0.2, -0.15) is 0 Å². The maximum absolute atomic E-state index is 13.7. The van der Waals surface area contributed by atoms with Crippen LogP contribution >= 0.6 is 0 Å². The molecule has 1 atom stereocenters. The van der Waals surface area contributed by atoms with E-state index in [1.165, 1.54) is 18.9 Å². The third-order valence-corrected chi connectivity index (χ3v) is 4.85. The van der Waals surface area contributed by atoms with E-state index < -0.39 is 11.6 Å². The lowest BCUT2D eigenvalue weighted by molar-refractivity contribution is 0.170. The van der Waals surface area contributed by atoms with Crippen molar-refractivity contribution in [2.45, 2.75) is 32.1 Å². The van der Waals surface area contributed by atoms with Crippen molar-refractivity contribution in [2.75, 3.05) is 19.6 Å². The summed E-state index contributed by atoms with van der Waals surface area (Å²) < 4.78 is 26.7. The second kappa shape index (κ2) is 8.34. The molecule has 4 heteroatoms. The first-order chi connectivity index (χ1) is 11.7. The van der Waals surface area contributed by atoms with Gasteiger partial charge in [0, 0.05) is 37.5 Å². The van der Waals surface area contributed by atoms with Crippen LogP contribution in [0.5, 0.6) is 0 Å². The predicted molar refractivity (Wildman–Crippen MR) is 91.8 cm³/mol. The molecule has 0 amide bonds. The average Bonchev–Trinajstić information content (AvgIpc) is 2.60. The van der Waals surface area contributed by atoms with Gasteiger partial charge in [-0.3, -0.25) is 4.98 Å². The minimum atomic E-state index is -0.505. The van der Waals surface area contributed by atoms with Crippen molar-refractivity contribution in [1.29, 1.82) is 0 Å². The number of rotatable bonds is 6. The zero-order valence-corrected chi connectivity index (χ0v) is 13.9. The van der Waals surface area contributed by atoms with Crippen LogP contribution in [0.2, 0.25) is 0 Å². The summed E-state index contributed by atoms with van der Waals surface area (Å²) in [6.07, 6.45) is 6.85. The smallest absolute Gasteiger partial charge is 0.129 e. The van der Waals surface area contributed by atoms with E-state index in [0.29, 0.717) is 17.9 Å². The molecule has 0 aliphatic carbocycles. The van der Waals surface area contributed by atoms with Gasteiger partial charge >= 0.3 is 0 Å². The summed E-state index contributed by atoms with van der Waals surface area (Å²) in [7, 11) is 0. The van der Waals surface area contributed by atoms with Crippen LogP contribution in [0.3, 0.4) is 0 Å². The van der Waals surface area contributed by atoms with Crippen LogP contribution < -0.4 is 0 Å². The first-order valence-corrected chi connectivity index (χ1v) is 8.77. The van der Waals surface area contributed by atoms with E-state index in [1.54, 1.807) is 6.07 Å². The quantitative estimate of drug-likeness (QED) is 0.787. The van der Waals surface area contributed by atoms with Crippen LogP contribution in [0.1, 0.15) is 30.5 Å². The lowest BCUT2D eigenvalue weighted by Gasteiger charge is -2.32. The molecule has 0 radical (unpaired) electrons. The first-order valence-electron chi connectivity index (χ1n) is 8.77. The van der Waals surface area contributed by atoms with Gasteiger partial charge in [0.05, 0.1) is 0 Å². The molecule has 0 N–H and O–H groups in total. The Morgan fingerprint density at radius 1 is 1.12 bits per heavy atom. The predicted octanol–water partition coefficient (Wildman–Crippen LogP) is 4.25. The largest absolute Gasteiger partial charge is 0.303 e. The highest BCUT2D eigenvalue weighted by Crippen LogP contribution is 2.22. The fourth-order valence-electron chi connectivity index (χ4n) is 3.49. The van der Waals surface area contributed by atoms with Crippen LogP contribution in [-0.4, -0.2) is 29.5 Å². The van der Waals surface area contributed by atoms with E-state index in [9.17, 15) is 8.78 Å². The Bertz CT molecular complexity index is 645. The minimum absolute atomic E-state index is 0.419. The number of hydrogen-bond acceptors (Lipinski definition) is 2. The van der Waals surface area contributed by atoms with Gasteiger partial charge in [0.15, 0.2) is 0 Å². The number of likely N-dealkylation sites (tertiary alicyclic amines) is 1. The third kappa shape index (κ3) is 4.84. The molecule has 1 aliphatic rings. The number of aryl methyl sites for hydroxylation is 1. The van der Waals surface area contributed by atoms with Crippen LogP contribution in [0.15, 0.2) is 42.6 Å². The Morgan fingerprint density at radius 3 is 2.83 bits per heavy atom. The Kier molecular flexibility index (Phi) is 5.91. The molecule has 3 rings (SSSR count). The molecule has 2 aromatic rings. The summed E-state index contributed by atoms with van der Waals surface area (Å²) in [5.41, 5.74) is 1.76. The summed E-state index contributed by atoms with van der Waals surface area (Å²) >= 11 is 0. The lowest BCUT2D eigenvalue weighted by Crippen LogP contribution is -2.37. The molecule has 2 heterocycles. The highest BCUT2D eigenvalue weighted by molar-refractivity contribution is 5.18. The summed E-state index contributed by atoms with van der Waals surface area (Å²) in [6.45, 7) is 3.22. The van der Waals surface area contributed by atoms with Crippen LogP contribution in [0.25, 0.3) is 0 Å². The van der Waals surface area contributed by atoms with Crippen LogP contribution in [-0.2, 0) is 12.8 Å². The molecular weight excluding hydrogens is 306 g/mol. The van der Waals surface area contributed by atoms with Crippen molar-refractivity contribution in [1.82, 2.24) is 9.88 Å². The second-order valence-corrected chi connectivity index (χ2v) is 6.65. The molecule has 1 aromatic carbocycles. The van der Waals surface area contributed by atoms with Crippen molar-refractivity contribution in [3.05, 3.63) is 65.5 Å². The van der Waals surface area contributed by atoms with Gasteiger partial charge in [0.1, 0.15) is 11.6 Å². The van der Waals surface area contributed by atoms with Crippen molar-refractivity contribution in [3.8, 4) is 0 Å². The number of nitrogens with zero attached hydrogens (tertiary/aromatic N) is 2. The number of benzene rings is 1. The first kappa shape index (κ1) is 17.0. The van der Waals surface area contributed by atoms with Gasteiger partial charge in [0.25, 0.3) is 0 Å². The van der Waals surface area contributed by atoms with Crippen molar-refractivity contribution >= 4 is 0 Å². The molecule has 1 unspecified atom stereocenters. The summed E-state index contributed by atoms with van der Waals surface area (Å²) in [5.74, 6) is -0.334. The Hall–Kier alpha value is -1.81. The summed E-state index contributed by atoms with van der Waals surface area (Å²) in [5, 5.41) is 0. The Balaban J connectivity index is 1.46. The number of piperidine rings is 1. The van der Waals surface area contributed by atoms with Gasteiger partial charge in [-0.25, -0.2) is 8.78 Å². The Morgan fingerprint density at radius 2 is 2.04 bits per heavy atom. The monoisotopic (exact) mass is 330 g/mol. The SMILES string of the molecule is Fc1ccc(CCC2CCCN(CCc3ccccn3)C2)c(F)c1.